The minimum absolute atomic E-state index is 0.143. The van der Waals surface area contributed by atoms with Crippen LogP contribution in [-0.4, -0.2) is 41.7 Å². The van der Waals surface area contributed by atoms with Crippen molar-refractivity contribution in [2.45, 2.75) is 12.8 Å². The van der Waals surface area contributed by atoms with E-state index in [-0.39, 0.29) is 24.3 Å². The molecule has 1 rings (SSSR count). The lowest BCUT2D eigenvalue weighted by Crippen LogP contribution is -2.16. The molecular weight excluding hydrogens is 276 g/mol. The van der Waals surface area contributed by atoms with Crippen molar-refractivity contribution in [2.24, 2.45) is 0 Å². The van der Waals surface area contributed by atoms with Crippen molar-refractivity contribution in [3.63, 3.8) is 0 Å². The summed E-state index contributed by atoms with van der Waals surface area (Å²) in [6.45, 7) is -0.907. The summed E-state index contributed by atoms with van der Waals surface area (Å²) >= 11 is 0. The molecule has 6 nitrogen and oxygen atoms in total. The summed E-state index contributed by atoms with van der Waals surface area (Å²) < 4.78 is 28.1. The minimum atomic E-state index is -2.59. The number of ether oxygens (including phenoxy) is 1. The summed E-state index contributed by atoms with van der Waals surface area (Å²) in [6, 6.07) is 3.54. The van der Waals surface area contributed by atoms with Gasteiger partial charge >= 0.3 is 5.97 Å². The molecule has 0 heterocycles. The molecule has 0 saturated heterocycles. The van der Waals surface area contributed by atoms with Crippen molar-refractivity contribution < 1.29 is 33.3 Å². The Morgan fingerprint density at radius 3 is 2.65 bits per heavy atom. The Labute approximate surface area is 113 Å². The van der Waals surface area contributed by atoms with Crippen LogP contribution in [0.25, 0.3) is 0 Å². The van der Waals surface area contributed by atoms with Gasteiger partial charge in [0.15, 0.2) is 0 Å². The van der Waals surface area contributed by atoms with E-state index in [0.717, 1.165) is 12.1 Å². The fourth-order valence-corrected chi connectivity index (χ4v) is 1.35. The first-order valence-electron chi connectivity index (χ1n) is 5.62. The van der Waals surface area contributed by atoms with Crippen molar-refractivity contribution >= 4 is 17.6 Å². The molecule has 0 aliphatic carbocycles. The normalized spacial score (nSPS) is 10.6. The Hall–Kier alpha value is -2.22. The van der Waals surface area contributed by atoms with Gasteiger partial charge in [0.25, 0.3) is 6.43 Å². The zero-order valence-corrected chi connectivity index (χ0v) is 10.3. The Balaban J connectivity index is 2.50. The average molecular weight is 289 g/mol. The molecule has 0 aromatic heterocycles. The molecule has 0 saturated carbocycles. The van der Waals surface area contributed by atoms with E-state index in [1.165, 1.54) is 6.07 Å². The van der Waals surface area contributed by atoms with Crippen molar-refractivity contribution in [3.05, 3.63) is 23.8 Å². The monoisotopic (exact) mass is 289 g/mol. The number of carboxylic acid groups (broad SMARTS) is 1. The van der Waals surface area contributed by atoms with Gasteiger partial charge in [-0.05, 0) is 18.2 Å². The van der Waals surface area contributed by atoms with E-state index in [1.807, 2.05) is 0 Å². The second-order valence-corrected chi connectivity index (χ2v) is 3.80. The maximum Gasteiger partial charge on any atom is 0.339 e. The number of hydrogen-bond donors (Lipinski definition) is 3. The molecule has 0 bridgehead atoms. The van der Waals surface area contributed by atoms with Crippen molar-refractivity contribution in [3.8, 4) is 5.75 Å². The van der Waals surface area contributed by atoms with Gasteiger partial charge in [0.2, 0.25) is 5.91 Å². The summed E-state index contributed by atoms with van der Waals surface area (Å²) in [5.41, 5.74) is -0.171. The number of aromatic carboxylic acids is 1. The molecule has 0 fully saturated rings. The number of hydrogen-bond acceptors (Lipinski definition) is 4. The third-order valence-electron chi connectivity index (χ3n) is 2.23. The molecule has 0 aliphatic heterocycles. The van der Waals surface area contributed by atoms with Crippen LogP contribution >= 0.6 is 0 Å². The first-order valence-corrected chi connectivity index (χ1v) is 5.62. The molecule has 1 aromatic rings. The molecule has 0 spiro atoms. The minimum Gasteiger partial charge on any atom is -0.507 e. The Morgan fingerprint density at radius 2 is 2.05 bits per heavy atom. The van der Waals surface area contributed by atoms with Crippen LogP contribution in [0.1, 0.15) is 16.8 Å². The van der Waals surface area contributed by atoms with Crippen LogP contribution in [0.2, 0.25) is 0 Å². The van der Waals surface area contributed by atoms with Gasteiger partial charge in [0, 0.05) is 5.69 Å². The summed E-state index contributed by atoms with van der Waals surface area (Å²) in [4.78, 5) is 22.2. The highest BCUT2D eigenvalue weighted by molar-refractivity contribution is 5.95. The predicted octanol–water partition coefficient (Wildman–Crippen LogP) is 1.70. The fourth-order valence-electron chi connectivity index (χ4n) is 1.35. The number of amides is 1. The number of carbonyl (C=O) groups is 2. The van der Waals surface area contributed by atoms with E-state index in [0.29, 0.717) is 0 Å². The van der Waals surface area contributed by atoms with Gasteiger partial charge in [-0.1, -0.05) is 0 Å². The van der Waals surface area contributed by atoms with Crippen LogP contribution in [0.5, 0.6) is 5.75 Å². The molecule has 0 unspecified atom stereocenters. The number of nitrogens with one attached hydrogen (secondary N) is 1. The van der Waals surface area contributed by atoms with Crippen LogP contribution < -0.4 is 5.32 Å². The van der Waals surface area contributed by atoms with Crippen molar-refractivity contribution in [1.29, 1.82) is 0 Å². The molecule has 20 heavy (non-hydrogen) atoms. The summed E-state index contributed by atoms with van der Waals surface area (Å²) in [5, 5.41) is 20.4. The highest BCUT2D eigenvalue weighted by atomic mass is 19.3. The number of carbonyl (C=O) groups excluding carboxylic acids is 1. The Kier molecular flexibility index (Phi) is 5.85. The predicted molar refractivity (Wildman–Crippen MR) is 65.1 cm³/mol. The zero-order valence-electron chi connectivity index (χ0n) is 10.3. The van der Waals surface area contributed by atoms with E-state index in [4.69, 9.17) is 5.11 Å². The van der Waals surface area contributed by atoms with Gasteiger partial charge in [-0.3, -0.25) is 4.79 Å². The fraction of sp³-hybridized carbons (Fsp3) is 0.333. The molecule has 0 radical (unpaired) electrons. The molecule has 1 aromatic carbocycles. The SMILES string of the molecule is O=C(CCOCC(F)F)Nc1ccc(O)c(C(=O)O)c1. The Morgan fingerprint density at radius 1 is 1.35 bits per heavy atom. The van der Waals surface area contributed by atoms with Crippen molar-refractivity contribution in [2.75, 3.05) is 18.5 Å². The number of halogens is 2. The second kappa shape index (κ2) is 7.39. The second-order valence-electron chi connectivity index (χ2n) is 3.80. The first kappa shape index (κ1) is 15.8. The average Bonchev–Trinajstić information content (AvgIpc) is 2.36. The molecule has 1 amide bonds. The lowest BCUT2D eigenvalue weighted by Gasteiger charge is -2.07. The summed E-state index contributed by atoms with van der Waals surface area (Å²) in [5.74, 6) is -2.27. The van der Waals surface area contributed by atoms with Crippen molar-refractivity contribution in [1.82, 2.24) is 0 Å². The molecular formula is C12H13F2NO5. The van der Waals surface area contributed by atoms with Gasteiger partial charge in [0.05, 0.1) is 13.0 Å². The van der Waals surface area contributed by atoms with Crippen LogP contribution in [-0.2, 0) is 9.53 Å². The number of anilines is 1. The lowest BCUT2D eigenvalue weighted by atomic mass is 10.2. The van der Waals surface area contributed by atoms with Crippen LogP contribution in [0.15, 0.2) is 18.2 Å². The molecule has 0 aliphatic rings. The third-order valence-corrected chi connectivity index (χ3v) is 2.23. The number of alkyl halides is 2. The van der Waals surface area contributed by atoms with Crippen LogP contribution in [0.4, 0.5) is 14.5 Å². The largest absolute Gasteiger partial charge is 0.507 e. The number of aromatic hydroxyl groups is 1. The molecule has 110 valence electrons. The maximum atomic E-state index is 11.8. The standard InChI is InChI=1S/C12H13F2NO5/c13-10(14)6-20-4-3-11(17)15-7-1-2-9(16)8(5-7)12(18)19/h1-2,5,10,16H,3-4,6H2,(H,15,17)(H,18,19). The Bertz CT molecular complexity index is 493. The molecule has 8 heteroatoms. The topological polar surface area (TPSA) is 95.9 Å². The van der Waals surface area contributed by atoms with Gasteiger partial charge in [-0.25, -0.2) is 13.6 Å². The maximum absolute atomic E-state index is 11.8. The van der Waals surface area contributed by atoms with E-state index >= 15 is 0 Å². The molecule has 0 atom stereocenters. The summed E-state index contributed by atoms with van der Waals surface area (Å²) in [7, 11) is 0. The quantitative estimate of drug-likeness (QED) is 0.524. The van der Waals surface area contributed by atoms with E-state index in [2.05, 4.69) is 10.1 Å². The number of rotatable bonds is 7. The highest BCUT2D eigenvalue weighted by Gasteiger charge is 2.11. The van der Waals surface area contributed by atoms with E-state index in [9.17, 15) is 23.5 Å². The zero-order chi connectivity index (χ0) is 15.1. The smallest absolute Gasteiger partial charge is 0.339 e. The first-order chi connectivity index (χ1) is 9.40. The van der Waals surface area contributed by atoms with Crippen LogP contribution in [0, 0.1) is 0 Å². The van der Waals surface area contributed by atoms with Crippen LogP contribution in [0.3, 0.4) is 0 Å². The number of carboxylic acids is 1. The lowest BCUT2D eigenvalue weighted by molar-refractivity contribution is -0.117. The number of phenols is 1. The van der Waals surface area contributed by atoms with Gasteiger partial charge in [-0.15, -0.1) is 0 Å². The number of benzene rings is 1. The molecule has 3 N–H and O–H groups in total. The van der Waals surface area contributed by atoms with E-state index < -0.39 is 30.7 Å². The highest BCUT2D eigenvalue weighted by Crippen LogP contribution is 2.21. The summed E-state index contributed by atoms with van der Waals surface area (Å²) in [6.07, 6.45) is -2.73. The van der Waals surface area contributed by atoms with Gasteiger partial charge in [0.1, 0.15) is 17.9 Å². The van der Waals surface area contributed by atoms with E-state index in [1.54, 1.807) is 0 Å². The van der Waals surface area contributed by atoms with Gasteiger partial charge < -0.3 is 20.3 Å². The third kappa shape index (κ3) is 5.19. The van der Waals surface area contributed by atoms with Gasteiger partial charge in [-0.2, -0.15) is 0 Å².